The highest BCUT2D eigenvalue weighted by atomic mass is 16.5. The van der Waals surface area contributed by atoms with Gasteiger partial charge in [-0.1, -0.05) is 25.2 Å². The SMILES string of the molecule is C=CCCCC=CCC(C)CC(=O)OC. The molecule has 0 fully saturated rings. The third kappa shape index (κ3) is 9.26. The van der Waals surface area contributed by atoms with E-state index in [2.05, 4.69) is 30.4 Å². The molecule has 0 aliphatic heterocycles. The van der Waals surface area contributed by atoms with Gasteiger partial charge >= 0.3 is 5.97 Å². The normalized spacial score (nSPS) is 12.7. The largest absolute Gasteiger partial charge is 0.469 e. The summed E-state index contributed by atoms with van der Waals surface area (Å²) in [6.07, 6.45) is 11.0. The number of carbonyl (C=O) groups excluding carboxylic acids is 1. The molecule has 0 radical (unpaired) electrons. The molecule has 0 aliphatic rings. The molecule has 15 heavy (non-hydrogen) atoms. The Morgan fingerprint density at radius 1 is 1.40 bits per heavy atom. The first-order valence-electron chi connectivity index (χ1n) is 5.53. The van der Waals surface area contributed by atoms with Gasteiger partial charge in [-0.15, -0.1) is 6.58 Å². The lowest BCUT2D eigenvalue weighted by atomic mass is 10.0. The quantitative estimate of drug-likeness (QED) is 0.348. The highest BCUT2D eigenvalue weighted by Crippen LogP contribution is 2.09. The molecule has 86 valence electrons. The molecule has 1 atom stereocenters. The molecule has 0 aromatic heterocycles. The van der Waals surface area contributed by atoms with Crippen LogP contribution < -0.4 is 0 Å². The number of hydrogen-bond donors (Lipinski definition) is 0. The van der Waals surface area contributed by atoms with Gasteiger partial charge in [0.05, 0.1) is 7.11 Å². The Bertz CT molecular complexity index is 207. The van der Waals surface area contributed by atoms with E-state index in [1.807, 2.05) is 6.08 Å². The molecular weight excluding hydrogens is 188 g/mol. The Kier molecular flexibility index (Phi) is 8.84. The van der Waals surface area contributed by atoms with Crippen LogP contribution in [0.4, 0.5) is 0 Å². The number of hydrogen-bond acceptors (Lipinski definition) is 2. The van der Waals surface area contributed by atoms with Crippen molar-refractivity contribution in [3.8, 4) is 0 Å². The van der Waals surface area contributed by atoms with Gasteiger partial charge < -0.3 is 4.74 Å². The second kappa shape index (κ2) is 9.50. The highest BCUT2D eigenvalue weighted by Gasteiger charge is 2.06. The minimum Gasteiger partial charge on any atom is -0.469 e. The molecule has 0 amide bonds. The number of methoxy groups -OCH3 is 1. The molecule has 0 spiro atoms. The summed E-state index contributed by atoms with van der Waals surface area (Å²) in [6.45, 7) is 5.73. The summed E-state index contributed by atoms with van der Waals surface area (Å²) >= 11 is 0. The fourth-order valence-corrected chi connectivity index (χ4v) is 1.28. The zero-order valence-electron chi connectivity index (χ0n) is 9.87. The molecule has 0 aliphatic carbocycles. The second-order valence-electron chi connectivity index (χ2n) is 3.81. The molecule has 0 heterocycles. The maximum atomic E-state index is 10.9. The van der Waals surface area contributed by atoms with Crippen LogP contribution in [0, 0.1) is 5.92 Å². The fourth-order valence-electron chi connectivity index (χ4n) is 1.28. The molecule has 2 heteroatoms. The lowest BCUT2D eigenvalue weighted by Crippen LogP contribution is -2.06. The van der Waals surface area contributed by atoms with Gasteiger partial charge in [0.1, 0.15) is 0 Å². The van der Waals surface area contributed by atoms with Crippen molar-refractivity contribution in [2.75, 3.05) is 7.11 Å². The molecule has 0 bridgehead atoms. The predicted octanol–water partition coefficient (Wildman–Crippen LogP) is 3.49. The van der Waals surface area contributed by atoms with Gasteiger partial charge in [0, 0.05) is 6.42 Å². The summed E-state index contributed by atoms with van der Waals surface area (Å²) in [5, 5.41) is 0. The van der Waals surface area contributed by atoms with E-state index >= 15 is 0 Å². The van der Waals surface area contributed by atoms with Crippen molar-refractivity contribution in [3.63, 3.8) is 0 Å². The van der Waals surface area contributed by atoms with Gasteiger partial charge in [-0.05, 0) is 31.6 Å². The Hall–Kier alpha value is -1.05. The minimum atomic E-state index is -0.123. The average molecular weight is 210 g/mol. The first-order valence-corrected chi connectivity index (χ1v) is 5.53. The molecule has 1 unspecified atom stereocenters. The van der Waals surface area contributed by atoms with E-state index in [1.165, 1.54) is 7.11 Å². The molecule has 0 aromatic rings. The van der Waals surface area contributed by atoms with E-state index in [0.29, 0.717) is 12.3 Å². The third-order valence-corrected chi connectivity index (χ3v) is 2.23. The summed E-state index contributed by atoms with van der Waals surface area (Å²) in [5.41, 5.74) is 0. The van der Waals surface area contributed by atoms with Gasteiger partial charge in [0.2, 0.25) is 0 Å². The average Bonchev–Trinajstić information content (AvgIpc) is 2.23. The van der Waals surface area contributed by atoms with Gasteiger partial charge in [0.25, 0.3) is 0 Å². The van der Waals surface area contributed by atoms with Crippen molar-refractivity contribution in [3.05, 3.63) is 24.8 Å². The van der Waals surface area contributed by atoms with Crippen LogP contribution in [-0.2, 0) is 9.53 Å². The van der Waals surface area contributed by atoms with Crippen LogP contribution in [0.2, 0.25) is 0 Å². The maximum Gasteiger partial charge on any atom is 0.305 e. The van der Waals surface area contributed by atoms with E-state index in [4.69, 9.17) is 0 Å². The Morgan fingerprint density at radius 2 is 2.13 bits per heavy atom. The van der Waals surface area contributed by atoms with Crippen LogP contribution in [0.5, 0.6) is 0 Å². The highest BCUT2D eigenvalue weighted by molar-refractivity contribution is 5.69. The summed E-state index contributed by atoms with van der Waals surface area (Å²) in [7, 11) is 1.43. The van der Waals surface area contributed by atoms with Gasteiger partial charge in [-0.3, -0.25) is 4.79 Å². The van der Waals surface area contributed by atoms with Crippen molar-refractivity contribution in [1.82, 2.24) is 0 Å². The van der Waals surface area contributed by atoms with Crippen molar-refractivity contribution in [1.29, 1.82) is 0 Å². The molecule has 0 N–H and O–H groups in total. The van der Waals surface area contributed by atoms with E-state index in [1.54, 1.807) is 0 Å². The summed E-state index contributed by atoms with van der Waals surface area (Å²) < 4.78 is 4.61. The zero-order valence-corrected chi connectivity index (χ0v) is 9.87. The second-order valence-corrected chi connectivity index (χ2v) is 3.81. The number of ether oxygens (including phenoxy) is 1. The monoisotopic (exact) mass is 210 g/mol. The lowest BCUT2D eigenvalue weighted by molar-refractivity contribution is -0.141. The van der Waals surface area contributed by atoms with Crippen LogP contribution >= 0.6 is 0 Å². The van der Waals surface area contributed by atoms with Crippen LogP contribution in [0.3, 0.4) is 0 Å². The van der Waals surface area contributed by atoms with Crippen LogP contribution in [0.15, 0.2) is 24.8 Å². The topological polar surface area (TPSA) is 26.3 Å². The Labute approximate surface area is 93.0 Å². The number of allylic oxidation sites excluding steroid dienone is 3. The fraction of sp³-hybridized carbons (Fsp3) is 0.615. The molecule has 0 saturated carbocycles. The molecule has 0 rings (SSSR count). The molecule has 2 nitrogen and oxygen atoms in total. The van der Waals surface area contributed by atoms with E-state index < -0.39 is 0 Å². The lowest BCUT2D eigenvalue weighted by Gasteiger charge is -2.05. The number of esters is 1. The molecule has 0 aromatic carbocycles. The van der Waals surface area contributed by atoms with Crippen molar-refractivity contribution >= 4 is 5.97 Å². The van der Waals surface area contributed by atoms with Crippen LogP contribution in [0.25, 0.3) is 0 Å². The first kappa shape index (κ1) is 13.9. The van der Waals surface area contributed by atoms with E-state index in [0.717, 1.165) is 25.7 Å². The van der Waals surface area contributed by atoms with Crippen molar-refractivity contribution < 1.29 is 9.53 Å². The number of carbonyl (C=O) groups is 1. The predicted molar refractivity (Wildman–Crippen MR) is 63.6 cm³/mol. The van der Waals surface area contributed by atoms with Crippen molar-refractivity contribution in [2.24, 2.45) is 5.92 Å². The van der Waals surface area contributed by atoms with Gasteiger partial charge in [-0.25, -0.2) is 0 Å². The number of unbranched alkanes of at least 4 members (excludes halogenated alkanes) is 2. The maximum absolute atomic E-state index is 10.9. The summed E-state index contributed by atoms with van der Waals surface area (Å²) in [5.74, 6) is 0.246. The van der Waals surface area contributed by atoms with Crippen molar-refractivity contribution in [2.45, 2.75) is 39.0 Å². The van der Waals surface area contributed by atoms with Gasteiger partial charge in [0.15, 0.2) is 0 Å². The third-order valence-electron chi connectivity index (χ3n) is 2.23. The molecular formula is C13H22O2. The Balaban J connectivity index is 3.48. The summed E-state index contributed by atoms with van der Waals surface area (Å²) in [6, 6.07) is 0. The summed E-state index contributed by atoms with van der Waals surface area (Å²) in [4.78, 5) is 10.9. The zero-order chi connectivity index (χ0) is 11.5. The first-order chi connectivity index (χ1) is 7.20. The van der Waals surface area contributed by atoms with Gasteiger partial charge in [-0.2, -0.15) is 0 Å². The smallest absolute Gasteiger partial charge is 0.305 e. The van der Waals surface area contributed by atoms with Crippen LogP contribution in [0.1, 0.15) is 39.0 Å². The van der Waals surface area contributed by atoms with E-state index in [-0.39, 0.29) is 5.97 Å². The van der Waals surface area contributed by atoms with Crippen LogP contribution in [-0.4, -0.2) is 13.1 Å². The standard InChI is InChI=1S/C13H22O2/c1-4-5-6-7-8-9-10-12(2)11-13(14)15-3/h4,8-9,12H,1,5-7,10-11H2,2-3H3. The Morgan fingerprint density at radius 3 is 2.73 bits per heavy atom. The number of rotatable bonds is 8. The minimum absolute atomic E-state index is 0.123. The van der Waals surface area contributed by atoms with E-state index in [9.17, 15) is 4.79 Å². The molecule has 0 saturated heterocycles.